The zero-order chi connectivity index (χ0) is 28.8. The van der Waals surface area contributed by atoms with Gasteiger partial charge in [-0.1, -0.05) is 60.3 Å². The topological polar surface area (TPSA) is 154 Å². The number of benzene rings is 3. The monoisotopic (exact) mass is 570 g/mol. The first-order chi connectivity index (χ1) is 19.9. The number of amides is 3. The number of thioether (sulfide) groups is 1. The molecule has 0 aliphatic carbocycles. The summed E-state index contributed by atoms with van der Waals surface area (Å²) in [6, 6.07) is 24.5. The minimum Gasteiger partial charge on any atom is -0.426 e. The molecular formula is C28H22N6O6S. The average molecular weight is 571 g/mol. The van der Waals surface area contributed by atoms with Gasteiger partial charge in [0.25, 0.3) is 11.1 Å². The van der Waals surface area contributed by atoms with E-state index < -0.39 is 34.0 Å². The molecule has 2 N–H and O–H groups in total. The van der Waals surface area contributed by atoms with Crippen LogP contribution in [0.25, 0.3) is 17.1 Å². The van der Waals surface area contributed by atoms with Gasteiger partial charge >= 0.3 is 11.7 Å². The summed E-state index contributed by atoms with van der Waals surface area (Å²) in [5.41, 5.74) is 3.84. The molecule has 1 atom stereocenters. The first-order valence-corrected chi connectivity index (χ1v) is 13.2. The molecule has 41 heavy (non-hydrogen) atoms. The highest BCUT2D eigenvalue weighted by atomic mass is 32.2. The Hall–Kier alpha value is -5.30. The van der Waals surface area contributed by atoms with Crippen molar-refractivity contribution in [2.24, 2.45) is 5.10 Å². The Bertz CT molecular complexity index is 1680. The van der Waals surface area contributed by atoms with Crippen LogP contribution in [0.4, 0.5) is 4.79 Å². The van der Waals surface area contributed by atoms with Crippen LogP contribution in [0.15, 0.2) is 94.8 Å². The Morgan fingerprint density at radius 1 is 0.976 bits per heavy atom. The third-order valence-electron chi connectivity index (χ3n) is 5.81. The molecule has 1 aliphatic heterocycles. The van der Waals surface area contributed by atoms with Crippen molar-refractivity contribution >= 4 is 41.0 Å². The molecule has 4 aromatic rings. The number of carbonyl (C=O) groups excluding carboxylic acids is 4. The standard InChI is InChI=1S/C28H22N6O6S/c35-23(17-33-28(39)34(20-9-5-2-6-10-20)25(32-33)19-7-3-1-4-8-19)31-29-16-18-11-13-21(14-12-18)40-24(36)15-22-26(37)30-27(38)41-22/h1-14,16,22H,15,17H2,(H,31,35)(H,30,37,38)/b29-16+/t22-/m0/s1. The number of nitrogens with one attached hydrogen (secondary N) is 2. The summed E-state index contributed by atoms with van der Waals surface area (Å²) in [5.74, 6) is -1.08. The molecule has 1 aliphatic rings. The summed E-state index contributed by atoms with van der Waals surface area (Å²) in [5, 5.41) is 9.15. The molecule has 13 heteroatoms. The average Bonchev–Trinajstić information content (AvgIpc) is 3.47. The van der Waals surface area contributed by atoms with E-state index in [1.165, 1.54) is 22.9 Å². The van der Waals surface area contributed by atoms with Gasteiger partial charge < -0.3 is 4.74 Å². The van der Waals surface area contributed by atoms with Gasteiger partial charge in [0, 0.05) is 5.56 Å². The molecule has 0 bridgehead atoms. The predicted molar refractivity (Wildman–Crippen MR) is 151 cm³/mol. The number of ether oxygens (including phenoxy) is 1. The Balaban J connectivity index is 1.20. The lowest BCUT2D eigenvalue weighted by Crippen LogP contribution is -2.31. The van der Waals surface area contributed by atoms with E-state index in [1.807, 2.05) is 48.5 Å². The maximum Gasteiger partial charge on any atom is 0.351 e. The summed E-state index contributed by atoms with van der Waals surface area (Å²) in [6.45, 7) is -0.354. The van der Waals surface area contributed by atoms with E-state index in [9.17, 15) is 24.0 Å². The number of hydrazone groups is 1. The number of carbonyl (C=O) groups is 4. The molecule has 5 rings (SSSR count). The number of esters is 1. The fourth-order valence-corrected chi connectivity index (χ4v) is 4.72. The lowest BCUT2D eigenvalue weighted by Gasteiger charge is -2.06. The number of aromatic nitrogens is 3. The maximum absolute atomic E-state index is 13.2. The van der Waals surface area contributed by atoms with E-state index in [2.05, 4.69) is 20.9 Å². The molecule has 206 valence electrons. The van der Waals surface area contributed by atoms with Crippen molar-refractivity contribution in [3.63, 3.8) is 0 Å². The maximum atomic E-state index is 13.2. The Labute approximate surface area is 237 Å². The summed E-state index contributed by atoms with van der Waals surface area (Å²) in [4.78, 5) is 60.7. The van der Waals surface area contributed by atoms with Crippen LogP contribution in [-0.2, 0) is 20.9 Å². The zero-order valence-electron chi connectivity index (χ0n) is 21.3. The highest BCUT2D eigenvalue weighted by Crippen LogP contribution is 2.23. The zero-order valence-corrected chi connectivity index (χ0v) is 22.1. The van der Waals surface area contributed by atoms with Crippen LogP contribution in [0.5, 0.6) is 5.75 Å². The number of rotatable bonds is 9. The highest BCUT2D eigenvalue weighted by molar-refractivity contribution is 8.15. The van der Waals surface area contributed by atoms with E-state index in [0.717, 1.165) is 22.0 Å². The lowest BCUT2D eigenvalue weighted by atomic mass is 10.2. The van der Waals surface area contributed by atoms with Crippen molar-refractivity contribution in [3.8, 4) is 22.8 Å². The molecule has 3 amide bonds. The van der Waals surface area contributed by atoms with Crippen LogP contribution < -0.4 is 21.2 Å². The molecule has 0 spiro atoms. The molecule has 0 radical (unpaired) electrons. The quantitative estimate of drug-likeness (QED) is 0.135. The summed E-state index contributed by atoms with van der Waals surface area (Å²) >= 11 is 0.751. The van der Waals surface area contributed by atoms with E-state index >= 15 is 0 Å². The SMILES string of the molecule is O=C(Cn1nc(-c2ccccc2)n(-c2ccccc2)c1=O)N/N=C/c1ccc(OC(=O)C[C@@H]2SC(=O)NC2=O)cc1. The number of nitrogens with zero attached hydrogens (tertiary/aromatic N) is 4. The van der Waals surface area contributed by atoms with Crippen molar-refractivity contribution in [2.75, 3.05) is 0 Å². The van der Waals surface area contributed by atoms with Gasteiger partial charge in [0.2, 0.25) is 5.91 Å². The van der Waals surface area contributed by atoms with Crippen LogP contribution >= 0.6 is 11.8 Å². The molecule has 12 nitrogen and oxygen atoms in total. The van der Waals surface area contributed by atoms with Gasteiger partial charge in [-0.2, -0.15) is 5.10 Å². The number of imide groups is 1. The van der Waals surface area contributed by atoms with E-state index in [-0.39, 0.29) is 18.7 Å². The van der Waals surface area contributed by atoms with Crippen LogP contribution in [0.3, 0.4) is 0 Å². The number of hydrogen-bond donors (Lipinski definition) is 2. The van der Waals surface area contributed by atoms with Crippen molar-refractivity contribution < 1.29 is 23.9 Å². The normalized spacial score (nSPS) is 14.7. The second kappa shape index (κ2) is 12.3. The van der Waals surface area contributed by atoms with Crippen molar-refractivity contribution in [3.05, 3.63) is 101 Å². The molecule has 1 fully saturated rings. The highest BCUT2D eigenvalue weighted by Gasteiger charge is 2.33. The summed E-state index contributed by atoms with van der Waals surface area (Å²) in [7, 11) is 0. The van der Waals surface area contributed by atoms with E-state index in [1.54, 1.807) is 24.3 Å². The molecule has 1 saturated heterocycles. The van der Waals surface area contributed by atoms with Crippen LogP contribution in [0.2, 0.25) is 0 Å². The Morgan fingerprint density at radius 2 is 1.66 bits per heavy atom. The van der Waals surface area contributed by atoms with Gasteiger partial charge in [-0.05, 0) is 42.0 Å². The van der Waals surface area contributed by atoms with Gasteiger partial charge in [0.1, 0.15) is 17.5 Å². The van der Waals surface area contributed by atoms with Crippen LogP contribution in [0, 0.1) is 0 Å². The fraction of sp³-hybridized carbons (Fsp3) is 0.107. The van der Waals surface area contributed by atoms with Gasteiger partial charge in [-0.25, -0.2) is 19.5 Å². The Morgan fingerprint density at radius 3 is 2.32 bits per heavy atom. The molecule has 3 aromatic carbocycles. The predicted octanol–water partition coefficient (Wildman–Crippen LogP) is 2.50. The molecule has 0 saturated carbocycles. The molecule has 2 heterocycles. The lowest BCUT2D eigenvalue weighted by molar-refractivity contribution is -0.135. The van der Waals surface area contributed by atoms with Gasteiger partial charge in [-0.15, -0.1) is 5.10 Å². The fourth-order valence-electron chi connectivity index (χ4n) is 3.92. The van der Waals surface area contributed by atoms with E-state index in [4.69, 9.17) is 4.74 Å². The van der Waals surface area contributed by atoms with Crippen LogP contribution in [-0.4, -0.2) is 48.8 Å². The minimum atomic E-state index is -0.807. The second-order valence-electron chi connectivity index (χ2n) is 8.72. The van der Waals surface area contributed by atoms with E-state index in [0.29, 0.717) is 17.1 Å². The summed E-state index contributed by atoms with van der Waals surface area (Å²) in [6.07, 6.45) is 1.15. The number of hydrogen-bond acceptors (Lipinski definition) is 9. The minimum absolute atomic E-state index is 0.239. The molecular weight excluding hydrogens is 548 g/mol. The first-order valence-electron chi connectivity index (χ1n) is 12.3. The van der Waals surface area contributed by atoms with Crippen molar-refractivity contribution in [1.82, 2.24) is 25.1 Å². The van der Waals surface area contributed by atoms with Gasteiger partial charge in [0.05, 0.1) is 18.3 Å². The van der Waals surface area contributed by atoms with Gasteiger partial charge in [0.15, 0.2) is 5.82 Å². The second-order valence-corrected chi connectivity index (χ2v) is 9.90. The van der Waals surface area contributed by atoms with Crippen LogP contribution in [0.1, 0.15) is 12.0 Å². The van der Waals surface area contributed by atoms with Crippen molar-refractivity contribution in [2.45, 2.75) is 18.2 Å². The summed E-state index contributed by atoms with van der Waals surface area (Å²) < 4.78 is 7.73. The number of para-hydroxylation sites is 1. The third-order valence-corrected chi connectivity index (χ3v) is 6.79. The van der Waals surface area contributed by atoms with Crippen molar-refractivity contribution in [1.29, 1.82) is 0 Å². The Kier molecular flexibility index (Phi) is 8.15. The van der Waals surface area contributed by atoms with Gasteiger partial charge in [-0.3, -0.25) is 24.5 Å². The molecule has 1 aromatic heterocycles. The third kappa shape index (κ3) is 6.65. The molecule has 0 unspecified atom stereocenters. The first kappa shape index (κ1) is 27.3. The smallest absolute Gasteiger partial charge is 0.351 e. The largest absolute Gasteiger partial charge is 0.426 e.